The molecule has 0 saturated carbocycles. The van der Waals surface area contributed by atoms with Gasteiger partial charge < -0.3 is 11.1 Å². The highest BCUT2D eigenvalue weighted by Gasteiger charge is 2.33. The zero-order chi connectivity index (χ0) is 21.8. The lowest BCUT2D eigenvalue weighted by Gasteiger charge is -2.12. The Labute approximate surface area is 183 Å². The van der Waals surface area contributed by atoms with Crippen molar-refractivity contribution in [3.63, 3.8) is 0 Å². The van der Waals surface area contributed by atoms with Crippen molar-refractivity contribution in [2.75, 3.05) is 11.1 Å². The SMILES string of the molecule is Nc1ccccc1NC(=O)C1CCC(c2cn(CCc3cccc([N+](=O)[O-])c3)nn2)S1. The summed E-state index contributed by atoms with van der Waals surface area (Å²) in [6, 6.07) is 13.8. The van der Waals surface area contributed by atoms with Gasteiger partial charge in [0.1, 0.15) is 0 Å². The van der Waals surface area contributed by atoms with Crippen molar-refractivity contribution in [3.05, 3.63) is 76.1 Å². The summed E-state index contributed by atoms with van der Waals surface area (Å²) in [6.45, 7) is 0.572. The van der Waals surface area contributed by atoms with E-state index in [9.17, 15) is 14.9 Å². The molecule has 3 aromatic rings. The van der Waals surface area contributed by atoms with Gasteiger partial charge in [-0.15, -0.1) is 16.9 Å². The highest BCUT2D eigenvalue weighted by molar-refractivity contribution is 8.01. The summed E-state index contributed by atoms with van der Waals surface area (Å²) in [5.41, 5.74) is 8.88. The second-order valence-electron chi connectivity index (χ2n) is 7.35. The molecule has 3 N–H and O–H groups in total. The van der Waals surface area contributed by atoms with E-state index in [4.69, 9.17) is 5.73 Å². The Bertz CT molecular complexity index is 1100. The Hall–Kier alpha value is -3.40. The van der Waals surface area contributed by atoms with Crippen LogP contribution in [0.1, 0.15) is 29.3 Å². The van der Waals surface area contributed by atoms with Crippen LogP contribution < -0.4 is 11.1 Å². The summed E-state index contributed by atoms with van der Waals surface area (Å²) < 4.78 is 1.74. The quantitative estimate of drug-likeness (QED) is 0.328. The number of amides is 1. The number of hydrogen-bond donors (Lipinski definition) is 2. The van der Waals surface area contributed by atoms with E-state index < -0.39 is 4.92 Å². The molecule has 31 heavy (non-hydrogen) atoms. The van der Waals surface area contributed by atoms with Gasteiger partial charge in [-0.2, -0.15) is 0 Å². The fourth-order valence-electron chi connectivity index (χ4n) is 3.51. The molecule has 1 aromatic heterocycles. The summed E-state index contributed by atoms with van der Waals surface area (Å²) in [6.07, 6.45) is 4.11. The number of nitrogens with zero attached hydrogens (tertiary/aromatic N) is 4. The molecule has 10 heteroatoms. The predicted octanol–water partition coefficient (Wildman–Crippen LogP) is 3.59. The zero-order valence-electron chi connectivity index (χ0n) is 16.7. The first kappa shape index (κ1) is 20.9. The molecule has 0 spiro atoms. The molecule has 2 atom stereocenters. The van der Waals surface area contributed by atoms with E-state index in [-0.39, 0.29) is 22.1 Å². The van der Waals surface area contributed by atoms with Crippen molar-refractivity contribution < 1.29 is 9.72 Å². The minimum absolute atomic E-state index is 0.0523. The summed E-state index contributed by atoms with van der Waals surface area (Å²) in [7, 11) is 0. The number of nitrogen functional groups attached to an aromatic ring is 1. The van der Waals surface area contributed by atoms with E-state index in [0.717, 1.165) is 24.1 Å². The minimum atomic E-state index is -0.396. The second-order valence-corrected chi connectivity index (χ2v) is 8.76. The van der Waals surface area contributed by atoms with Crippen molar-refractivity contribution in [2.24, 2.45) is 0 Å². The predicted molar refractivity (Wildman–Crippen MR) is 120 cm³/mol. The molecule has 1 saturated heterocycles. The molecule has 9 nitrogen and oxygen atoms in total. The van der Waals surface area contributed by atoms with Crippen molar-refractivity contribution in [3.8, 4) is 0 Å². The van der Waals surface area contributed by atoms with Gasteiger partial charge in [-0.05, 0) is 37.0 Å². The third-order valence-electron chi connectivity index (χ3n) is 5.17. The molecule has 2 unspecified atom stereocenters. The highest BCUT2D eigenvalue weighted by Crippen LogP contribution is 2.44. The molecule has 2 aromatic carbocycles. The normalized spacial score (nSPS) is 18.1. The first-order valence-corrected chi connectivity index (χ1v) is 10.9. The molecule has 1 aliphatic rings. The van der Waals surface area contributed by atoms with Crippen LogP contribution in [0.15, 0.2) is 54.7 Å². The molecule has 1 amide bonds. The average Bonchev–Trinajstić information content (AvgIpc) is 3.44. The average molecular weight is 439 g/mol. The van der Waals surface area contributed by atoms with Crippen LogP contribution >= 0.6 is 11.8 Å². The van der Waals surface area contributed by atoms with Crippen LogP contribution in [-0.4, -0.2) is 31.1 Å². The smallest absolute Gasteiger partial charge is 0.269 e. The van der Waals surface area contributed by atoms with Gasteiger partial charge in [0, 0.05) is 24.9 Å². The number of nitro benzene ring substituents is 1. The van der Waals surface area contributed by atoms with Crippen LogP contribution in [0, 0.1) is 10.1 Å². The second kappa shape index (κ2) is 9.17. The highest BCUT2D eigenvalue weighted by atomic mass is 32.2. The number of carbonyl (C=O) groups excluding carboxylic acids is 1. The Kier molecular flexibility index (Phi) is 6.17. The molecule has 160 valence electrons. The number of para-hydroxylation sites is 2. The first-order chi connectivity index (χ1) is 15.0. The first-order valence-electron chi connectivity index (χ1n) is 9.94. The van der Waals surface area contributed by atoms with E-state index in [2.05, 4.69) is 15.6 Å². The van der Waals surface area contributed by atoms with Gasteiger partial charge in [0.25, 0.3) is 5.69 Å². The standard InChI is InChI=1S/C21H22N6O3S/c22-16-6-1-2-7-17(16)23-21(28)20-9-8-19(31-20)18-13-26(25-24-18)11-10-14-4-3-5-15(12-14)27(29)30/h1-7,12-13,19-20H,8-11,22H2,(H,23,28). The van der Waals surface area contributed by atoms with E-state index in [0.29, 0.717) is 24.3 Å². The molecular weight excluding hydrogens is 416 g/mol. The van der Waals surface area contributed by atoms with Crippen LogP contribution in [0.3, 0.4) is 0 Å². The molecule has 0 aliphatic carbocycles. The van der Waals surface area contributed by atoms with Gasteiger partial charge in [-0.3, -0.25) is 19.6 Å². The van der Waals surface area contributed by atoms with Crippen LogP contribution in [0.25, 0.3) is 0 Å². The number of nitro groups is 1. The number of benzene rings is 2. The van der Waals surface area contributed by atoms with E-state index in [1.165, 1.54) is 6.07 Å². The monoisotopic (exact) mass is 438 g/mol. The maximum absolute atomic E-state index is 12.6. The van der Waals surface area contributed by atoms with Crippen molar-refractivity contribution in [1.82, 2.24) is 15.0 Å². The Balaban J connectivity index is 1.32. The minimum Gasteiger partial charge on any atom is -0.397 e. The number of aryl methyl sites for hydroxylation is 2. The van der Waals surface area contributed by atoms with Gasteiger partial charge in [-0.25, -0.2) is 0 Å². The van der Waals surface area contributed by atoms with Gasteiger partial charge in [-0.1, -0.05) is 29.5 Å². The molecule has 4 rings (SSSR count). The molecule has 2 heterocycles. The summed E-state index contributed by atoms with van der Waals surface area (Å²) in [5, 5.41) is 22.2. The molecule has 1 aliphatic heterocycles. The Morgan fingerprint density at radius 3 is 2.90 bits per heavy atom. The Morgan fingerprint density at radius 2 is 2.10 bits per heavy atom. The largest absolute Gasteiger partial charge is 0.397 e. The van der Waals surface area contributed by atoms with Crippen LogP contribution in [0.2, 0.25) is 0 Å². The van der Waals surface area contributed by atoms with Crippen LogP contribution in [0.4, 0.5) is 17.1 Å². The molecule has 0 radical (unpaired) electrons. The van der Waals surface area contributed by atoms with Crippen LogP contribution in [-0.2, 0) is 17.8 Å². The van der Waals surface area contributed by atoms with Gasteiger partial charge in [0.2, 0.25) is 5.91 Å². The van der Waals surface area contributed by atoms with Gasteiger partial charge in [0.05, 0.1) is 32.5 Å². The lowest BCUT2D eigenvalue weighted by molar-refractivity contribution is -0.384. The Morgan fingerprint density at radius 1 is 1.26 bits per heavy atom. The van der Waals surface area contributed by atoms with Crippen LogP contribution in [0.5, 0.6) is 0 Å². The lowest BCUT2D eigenvalue weighted by Crippen LogP contribution is -2.23. The maximum atomic E-state index is 12.6. The van der Waals surface area contributed by atoms with E-state index in [1.54, 1.807) is 40.7 Å². The summed E-state index contributed by atoms with van der Waals surface area (Å²) in [5.74, 6) is -0.0523. The molecular formula is C21H22N6O3S. The van der Waals surface area contributed by atoms with Gasteiger partial charge >= 0.3 is 0 Å². The number of non-ortho nitro benzene ring substituents is 1. The maximum Gasteiger partial charge on any atom is 0.269 e. The number of rotatable bonds is 7. The number of nitrogens with one attached hydrogen (secondary N) is 1. The van der Waals surface area contributed by atoms with Crippen molar-refractivity contribution >= 4 is 34.7 Å². The van der Waals surface area contributed by atoms with E-state index in [1.807, 2.05) is 24.4 Å². The number of anilines is 2. The lowest BCUT2D eigenvalue weighted by atomic mass is 10.1. The van der Waals surface area contributed by atoms with Crippen molar-refractivity contribution in [1.29, 1.82) is 0 Å². The number of hydrogen-bond acceptors (Lipinski definition) is 7. The topological polar surface area (TPSA) is 129 Å². The number of aromatic nitrogens is 3. The fraction of sp³-hybridized carbons (Fsp3) is 0.286. The van der Waals surface area contributed by atoms with Gasteiger partial charge in [0.15, 0.2) is 0 Å². The number of nitrogens with two attached hydrogens (primary N) is 1. The third-order valence-corrected chi connectivity index (χ3v) is 6.75. The third kappa shape index (κ3) is 5.02. The molecule has 1 fully saturated rings. The van der Waals surface area contributed by atoms with E-state index >= 15 is 0 Å². The number of carbonyl (C=O) groups is 1. The fourth-order valence-corrected chi connectivity index (χ4v) is 4.88. The summed E-state index contributed by atoms with van der Waals surface area (Å²) in [4.78, 5) is 23.1. The summed E-state index contributed by atoms with van der Waals surface area (Å²) >= 11 is 1.59. The zero-order valence-corrected chi connectivity index (χ0v) is 17.5. The number of thioether (sulfide) groups is 1. The molecule has 0 bridgehead atoms. The van der Waals surface area contributed by atoms with Crippen molar-refractivity contribution in [2.45, 2.75) is 36.3 Å².